The number of benzene rings is 2. The number of H-pyrrole nitrogens is 1. The molecule has 2 heterocycles. The third kappa shape index (κ3) is 1.64. The molecule has 5 heteroatoms. The molecule has 0 radical (unpaired) electrons. The average Bonchev–Trinajstić information content (AvgIpc) is 2.95. The molecule has 0 unspecified atom stereocenters. The van der Waals surface area contributed by atoms with Crippen molar-refractivity contribution in [2.75, 3.05) is 0 Å². The molecular weight excluding hydrogens is 270 g/mol. The molecule has 0 fully saturated rings. The summed E-state index contributed by atoms with van der Waals surface area (Å²) in [6, 6.07) is 15.4. The summed E-state index contributed by atoms with van der Waals surface area (Å²) >= 11 is 5.44. The van der Waals surface area contributed by atoms with E-state index in [1.807, 2.05) is 48.5 Å². The zero-order valence-corrected chi connectivity index (χ0v) is 11.1. The van der Waals surface area contributed by atoms with Crippen LogP contribution >= 0.6 is 12.2 Å². The van der Waals surface area contributed by atoms with Crippen molar-refractivity contribution in [3.63, 3.8) is 0 Å². The lowest BCUT2D eigenvalue weighted by Crippen LogP contribution is -1.83. The van der Waals surface area contributed by atoms with Crippen molar-refractivity contribution in [2.45, 2.75) is 0 Å². The summed E-state index contributed by atoms with van der Waals surface area (Å²) < 4.78 is 6.72. The van der Waals surface area contributed by atoms with E-state index in [2.05, 4.69) is 15.4 Å². The zero-order valence-electron chi connectivity index (χ0n) is 10.3. The molecule has 0 atom stereocenters. The summed E-state index contributed by atoms with van der Waals surface area (Å²) in [4.78, 5) is 0. The number of para-hydroxylation sites is 2. The molecular formula is C15H9N3OS. The number of rotatable bonds is 1. The topological polar surface area (TPSA) is 54.7 Å². The fraction of sp³-hybridized carbons (Fsp3) is 0. The lowest BCUT2D eigenvalue weighted by Gasteiger charge is -2.04. The van der Waals surface area contributed by atoms with E-state index in [1.165, 1.54) is 0 Å². The minimum absolute atomic E-state index is 0.702. The predicted octanol–water partition coefficient (Wildman–Crippen LogP) is 4.10. The van der Waals surface area contributed by atoms with Crippen LogP contribution in [0.2, 0.25) is 0 Å². The van der Waals surface area contributed by atoms with Crippen LogP contribution in [0.1, 0.15) is 0 Å². The SMILES string of the molecule is S=c1cc(-c2cccc3n[nH]nc23)oc2ccccc12. The second-order valence-corrected chi connectivity index (χ2v) is 4.91. The second kappa shape index (κ2) is 4.25. The van der Waals surface area contributed by atoms with E-state index in [0.29, 0.717) is 5.76 Å². The van der Waals surface area contributed by atoms with E-state index in [0.717, 1.165) is 32.1 Å². The molecule has 0 saturated carbocycles. The quantitative estimate of drug-likeness (QED) is 0.533. The number of fused-ring (bicyclic) bond motifs is 2. The highest BCUT2D eigenvalue weighted by molar-refractivity contribution is 7.71. The van der Waals surface area contributed by atoms with Crippen molar-refractivity contribution in [3.8, 4) is 11.3 Å². The number of aromatic amines is 1. The minimum Gasteiger partial charge on any atom is -0.456 e. The number of aromatic nitrogens is 3. The highest BCUT2D eigenvalue weighted by Crippen LogP contribution is 2.29. The van der Waals surface area contributed by atoms with Gasteiger partial charge in [0.25, 0.3) is 0 Å². The molecule has 4 aromatic rings. The Labute approximate surface area is 119 Å². The van der Waals surface area contributed by atoms with Crippen LogP contribution in [0.25, 0.3) is 33.3 Å². The normalized spacial score (nSPS) is 11.2. The van der Waals surface area contributed by atoms with Gasteiger partial charge < -0.3 is 4.42 Å². The molecule has 4 rings (SSSR count). The highest BCUT2D eigenvalue weighted by Gasteiger charge is 2.10. The molecule has 1 N–H and O–H groups in total. The van der Waals surface area contributed by atoms with Gasteiger partial charge in [-0.05, 0) is 24.3 Å². The summed E-state index contributed by atoms with van der Waals surface area (Å²) in [5.41, 5.74) is 3.24. The smallest absolute Gasteiger partial charge is 0.138 e. The van der Waals surface area contributed by atoms with E-state index >= 15 is 0 Å². The molecule has 0 amide bonds. The van der Waals surface area contributed by atoms with Gasteiger partial charge >= 0.3 is 0 Å². The number of hydrogen-bond acceptors (Lipinski definition) is 4. The highest BCUT2D eigenvalue weighted by atomic mass is 32.1. The monoisotopic (exact) mass is 279 g/mol. The van der Waals surface area contributed by atoms with Crippen LogP contribution in [-0.2, 0) is 0 Å². The van der Waals surface area contributed by atoms with Crippen LogP contribution in [0.3, 0.4) is 0 Å². The van der Waals surface area contributed by atoms with Gasteiger partial charge in [0.1, 0.15) is 22.4 Å². The summed E-state index contributed by atoms with van der Waals surface area (Å²) in [6.45, 7) is 0. The molecule has 0 aliphatic rings. The zero-order chi connectivity index (χ0) is 13.5. The van der Waals surface area contributed by atoms with Gasteiger partial charge in [-0.3, -0.25) is 0 Å². The molecule has 0 saturated heterocycles. The van der Waals surface area contributed by atoms with Gasteiger partial charge in [0, 0.05) is 17.0 Å². The molecule has 20 heavy (non-hydrogen) atoms. The summed E-state index contributed by atoms with van der Waals surface area (Å²) in [5, 5.41) is 11.8. The van der Waals surface area contributed by atoms with Crippen LogP contribution in [0, 0.1) is 4.51 Å². The van der Waals surface area contributed by atoms with Crippen molar-refractivity contribution < 1.29 is 4.42 Å². The Morgan fingerprint density at radius 3 is 2.85 bits per heavy atom. The van der Waals surface area contributed by atoms with Gasteiger partial charge in [-0.15, -0.1) is 0 Å². The van der Waals surface area contributed by atoms with Gasteiger partial charge in [0.15, 0.2) is 0 Å². The van der Waals surface area contributed by atoms with Crippen molar-refractivity contribution in [2.24, 2.45) is 0 Å². The third-order valence-corrected chi connectivity index (χ3v) is 3.58. The largest absolute Gasteiger partial charge is 0.456 e. The molecule has 2 aromatic carbocycles. The molecule has 0 aliphatic carbocycles. The Morgan fingerprint density at radius 2 is 1.90 bits per heavy atom. The van der Waals surface area contributed by atoms with E-state index in [1.54, 1.807) is 0 Å². The molecule has 96 valence electrons. The number of nitrogens with one attached hydrogen (secondary N) is 1. The van der Waals surface area contributed by atoms with E-state index < -0.39 is 0 Å². The predicted molar refractivity (Wildman–Crippen MR) is 79.9 cm³/mol. The van der Waals surface area contributed by atoms with Gasteiger partial charge in [-0.25, -0.2) is 0 Å². The Hall–Kier alpha value is -2.53. The first-order valence-corrected chi connectivity index (χ1v) is 6.56. The van der Waals surface area contributed by atoms with Gasteiger partial charge in [0.05, 0.1) is 4.51 Å². The summed E-state index contributed by atoms with van der Waals surface area (Å²) in [7, 11) is 0. The fourth-order valence-electron chi connectivity index (χ4n) is 2.30. The first-order chi connectivity index (χ1) is 9.83. The number of nitrogens with zero attached hydrogens (tertiary/aromatic N) is 2. The molecule has 4 nitrogen and oxygen atoms in total. The summed E-state index contributed by atoms with van der Waals surface area (Å²) in [6.07, 6.45) is 0. The van der Waals surface area contributed by atoms with Crippen LogP contribution in [0.4, 0.5) is 0 Å². The molecule has 0 bridgehead atoms. The van der Waals surface area contributed by atoms with Crippen LogP contribution in [0.15, 0.2) is 52.9 Å². The van der Waals surface area contributed by atoms with Crippen molar-refractivity contribution in [1.29, 1.82) is 0 Å². The number of hydrogen-bond donors (Lipinski definition) is 1. The van der Waals surface area contributed by atoms with Crippen LogP contribution in [0.5, 0.6) is 0 Å². The fourth-order valence-corrected chi connectivity index (χ4v) is 2.58. The van der Waals surface area contributed by atoms with Crippen molar-refractivity contribution in [3.05, 3.63) is 53.0 Å². The van der Waals surface area contributed by atoms with Crippen molar-refractivity contribution in [1.82, 2.24) is 15.4 Å². The Bertz CT molecular complexity index is 987. The standard InChI is InChI=1S/C15H9N3OS/c20-14-8-13(19-12-7-2-1-4-9(12)14)10-5-3-6-11-15(10)17-18-16-11/h1-8H,(H,16,17,18). The molecule has 0 aliphatic heterocycles. The van der Waals surface area contributed by atoms with Crippen LogP contribution < -0.4 is 0 Å². The third-order valence-electron chi connectivity index (χ3n) is 3.25. The van der Waals surface area contributed by atoms with E-state index in [9.17, 15) is 0 Å². The molecule has 0 spiro atoms. The summed E-state index contributed by atoms with van der Waals surface area (Å²) in [5.74, 6) is 0.702. The Morgan fingerprint density at radius 1 is 1.00 bits per heavy atom. The average molecular weight is 279 g/mol. The lowest BCUT2D eigenvalue weighted by molar-refractivity contribution is 0.620. The first kappa shape index (κ1) is 11.3. The van der Waals surface area contributed by atoms with Gasteiger partial charge in [0.2, 0.25) is 0 Å². The Kier molecular flexibility index (Phi) is 2.40. The maximum Gasteiger partial charge on any atom is 0.138 e. The van der Waals surface area contributed by atoms with E-state index in [-0.39, 0.29) is 0 Å². The lowest BCUT2D eigenvalue weighted by atomic mass is 10.1. The van der Waals surface area contributed by atoms with Gasteiger partial charge in [-0.1, -0.05) is 30.4 Å². The van der Waals surface area contributed by atoms with Gasteiger partial charge in [-0.2, -0.15) is 15.4 Å². The minimum atomic E-state index is 0.702. The van der Waals surface area contributed by atoms with Crippen LogP contribution in [-0.4, -0.2) is 15.4 Å². The molecule has 2 aromatic heterocycles. The maximum atomic E-state index is 5.96. The van der Waals surface area contributed by atoms with Crippen molar-refractivity contribution >= 4 is 34.2 Å². The Balaban J connectivity index is 2.08. The maximum absolute atomic E-state index is 5.96. The van der Waals surface area contributed by atoms with E-state index in [4.69, 9.17) is 16.6 Å². The second-order valence-electron chi connectivity index (χ2n) is 4.47. The first-order valence-electron chi connectivity index (χ1n) is 6.16.